The zero-order valence-electron chi connectivity index (χ0n) is 18.0. The van der Waals surface area contributed by atoms with E-state index in [-0.39, 0.29) is 17.9 Å². The molecule has 0 heterocycles. The number of nitro groups is 1. The summed E-state index contributed by atoms with van der Waals surface area (Å²) < 4.78 is 5.25. The van der Waals surface area contributed by atoms with Crippen molar-refractivity contribution >= 4 is 17.2 Å². The third-order valence-corrected chi connectivity index (χ3v) is 5.81. The van der Waals surface area contributed by atoms with Gasteiger partial charge in [0, 0.05) is 23.1 Å². The highest BCUT2D eigenvalue weighted by molar-refractivity contribution is 5.95. The molecule has 0 unspecified atom stereocenters. The smallest absolute Gasteiger partial charge is 0.334 e. The first-order chi connectivity index (χ1) is 15.0. The zero-order valence-corrected chi connectivity index (χ0v) is 18.0. The van der Waals surface area contributed by atoms with Gasteiger partial charge >= 0.3 is 5.97 Å². The van der Waals surface area contributed by atoms with Gasteiger partial charge in [-0.1, -0.05) is 80.4 Å². The van der Waals surface area contributed by atoms with Gasteiger partial charge in [0.15, 0.2) is 0 Å². The fourth-order valence-electron chi connectivity index (χ4n) is 4.33. The first kappa shape index (κ1) is 22.5. The number of esters is 1. The van der Waals surface area contributed by atoms with Crippen molar-refractivity contribution in [1.82, 2.24) is 0 Å². The van der Waals surface area contributed by atoms with Crippen molar-refractivity contribution < 1.29 is 14.5 Å². The normalized spacial score (nSPS) is 15.8. The minimum absolute atomic E-state index is 0.0246. The van der Waals surface area contributed by atoms with Gasteiger partial charge in [0.25, 0.3) is 5.69 Å². The lowest BCUT2D eigenvalue weighted by Crippen LogP contribution is -2.17. The van der Waals surface area contributed by atoms with Crippen LogP contribution >= 0.6 is 0 Å². The van der Waals surface area contributed by atoms with Gasteiger partial charge in [0.2, 0.25) is 0 Å². The van der Waals surface area contributed by atoms with Crippen LogP contribution in [-0.2, 0) is 9.53 Å². The summed E-state index contributed by atoms with van der Waals surface area (Å²) in [5, 5.41) is 11.8. The van der Waals surface area contributed by atoms with Crippen LogP contribution < -0.4 is 0 Å². The molecule has 0 aromatic heterocycles. The molecule has 3 rings (SSSR count). The quantitative estimate of drug-likeness (QED) is 0.213. The van der Waals surface area contributed by atoms with Crippen molar-refractivity contribution in [2.75, 3.05) is 6.61 Å². The van der Waals surface area contributed by atoms with Crippen molar-refractivity contribution in [2.45, 2.75) is 44.9 Å². The van der Waals surface area contributed by atoms with Crippen LogP contribution in [0.1, 0.15) is 56.1 Å². The van der Waals surface area contributed by atoms with Crippen LogP contribution in [0.3, 0.4) is 0 Å². The summed E-state index contributed by atoms with van der Waals surface area (Å²) in [7, 11) is 0. The Labute approximate surface area is 183 Å². The number of ether oxygens (including phenoxy) is 1. The molecule has 1 saturated carbocycles. The molecule has 0 N–H and O–H groups in total. The first-order valence-electron chi connectivity index (χ1n) is 10.9. The average Bonchev–Trinajstić information content (AvgIpc) is 2.80. The lowest BCUT2D eigenvalue weighted by Gasteiger charge is -2.26. The van der Waals surface area contributed by atoms with Crippen molar-refractivity contribution in [2.24, 2.45) is 5.92 Å². The number of nitro benzene ring substituents is 1. The van der Waals surface area contributed by atoms with Crippen LogP contribution in [0.4, 0.5) is 5.69 Å². The lowest BCUT2D eigenvalue weighted by molar-refractivity contribution is -0.385. The molecular weight excluding hydrogens is 390 g/mol. The monoisotopic (exact) mass is 419 g/mol. The highest BCUT2D eigenvalue weighted by Crippen LogP contribution is 2.43. The Bertz CT molecular complexity index is 958. The summed E-state index contributed by atoms with van der Waals surface area (Å²) >= 11 is 0. The zero-order chi connectivity index (χ0) is 22.2. The summed E-state index contributed by atoms with van der Waals surface area (Å²) in [6.45, 7) is 6.01. The van der Waals surface area contributed by atoms with Gasteiger partial charge in [-0.05, 0) is 36.8 Å². The van der Waals surface area contributed by atoms with Crippen LogP contribution in [0.5, 0.6) is 0 Å². The lowest BCUT2D eigenvalue weighted by atomic mass is 9.78. The van der Waals surface area contributed by atoms with E-state index in [0.29, 0.717) is 11.5 Å². The predicted molar refractivity (Wildman–Crippen MR) is 123 cm³/mol. The number of hydrogen-bond donors (Lipinski definition) is 0. The molecule has 2 aromatic rings. The van der Waals surface area contributed by atoms with Crippen LogP contribution in [0, 0.1) is 16.0 Å². The average molecular weight is 420 g/mol. The molecule has 0 bridgehead atoms. The largest absolute Gasteiger partial charge is 0.463 e. The number of rotatable bonds is 8. The van der Waals surface area contributed by atoms with E-state index in [2.05, 4.69) is 12.7 Å². The van der Waals surface area contributed by atoms with E-state index in [1.807, 2.05) is 30.3 Å². The number of carbonyl (C=O) groups is 1. The van der Waals surface area contributed by atoms with Crippen LogP contribution in [0.2, 0.25) is 0 Å². The molecule has 1 aliphatic rings. The summed E-state index contributed by atoms with van der Waals surface area (Å²) in [4.78, 5) is 24.2. The van der Waals surface area contributed by atoms with E-state index in [9.17, 15) is 14.9 Å². The van der Waals surface area contributed by atoms with E-state index in [1.54, 1.807) is 25.1 Å². The Balaban J connectivity index is 2.20. The number of hydrogen-bond acceptors (Lipinski definition) is 4. The maximum absolute atomic E-state index is 12.7. The molecule has 0 aliphatic heterocycles. The summed E-state index contributed by atoms with van der Waals surface area (Å²) in [5.74, 6) is -0.828. The standard InChI is InChI=1S/C26H29NO4/c1-3-31-26(28)19(2)25(22-16-10-11-17-24(22)27(29)30)23(21-14-8-5-9-15-21)18-20-12-6-4-7-13-20/h5,8-11,14-18,20,25H,2-4,6-7,12-13H2,1H3/b23-18+/t25-/m1/s1. The molecule has 162 valence electrons. The van der Waals surface area contributed by atoms with Gasteiger partial charge in [-0.15, -0.1) is 0 Å². The predicted octanol–water partition coefficient (Wildman–Crippen LogP) is 6.46. The Morgan fingerprint density at radius 3 is 2.42 bits per heavy atom. The Kier molecular flexibility index (Phi) is 7.76. The molecule has 0 spiro atoms. The SMILES string of the molecule is C=C(C(=O)OCC)[C@@H](/C(=C/C1CCCCC1)c1ccccc1)c1ccccc1[N+](=O)[O-]. The van der Waals surface area contributed by atoms with Gasteiger partial charge in [-0.25, -0.2) is 4.79 Å². The molecule has 2 aromatic carbocycles. The number of para-hydroxylation sites is 1. The number of benzene rings is 2. The van der Waals surface area contributed by atoms with E-state index >= 15 is 0 Å². The highest BCUT2D eigenvalue weighted by atomic mass is 16.6. The number of allylic oxidation sites excluding steroid dienone is 2. The number of carbonyl (C=O) groups excluding carboxylic acids is 1. The van der Waals surface area contributed by atoms with Crippen molar-refractivity contribution in [3.63, 3.8) is 0 Å². The molecule has 5 nitrogen and oxygen atoms in total. The molecule has 1 aliphatic carbocycles. The van der Waals surface area contributed by atoms with Crippen LogP contribution in [0.25, 0.3) is 5.57 Å². The van der Waals surface area contributed by atoms with Crippen molar-refractivity contribution in [3.05, 3.63) is 94.1 Å². The first-order valence-corrected chi connectivity index (χ1v) is 10.9. The van der Waals surface area contributed by atoms with Crippen molar-refractivity contribution in [1.29, 1.82) is 0 Å². The molecule has 0 radical (unpaired) electrons. The Morgan fingerprint density at radius 2 is 1.77 bits per heavy atom. The second-order valence-corrected chi connectivity index (χ2v) is 7.88. The minimum atomic E-state index is -0.662. The second kappa shape index (κ2) is 10.7. The maximum Gasteiger partial charge on any atom is 0.334 e. The third-order valence-electron chi connectivity index (χ3n) is 5.81. The molecule has 1 atom stereocenters. The molecule has 31 heavy (non-hydrogen) atoms. The van der Waals surface area contributed by atoms with E-state index in [4.69, 9.17) is 4.74 Å². The summed E-state index contributed by atoms with van der Waals surface area (Å²) in [6, 6.07) is 16.4. The van der Waals surface area contributed by atoms with E-state index in [1.165, 1.54) is 12.5 Å². The van der Waals surface area contributed by atoms with Gasteiger partial charge in [0.05, 0.1) is 11.5 Å². The second-order valence-electron chi connectivity index (χ2n) is 7.88. The van der Waals surface area contributed by atoms with Gasteiger partial charge in [-0.2, -0.15) is 0 Å². The Morgan fingerprint density at radius 1 is 1.13 bits per heavy atom. The third kappa shape index (κ3) is 5.48. The Hall–Kier alpha value is -3.21. The topological polar surface area (TPSA) is 69.4 Å². The van der Waals surface area contributed by atoms with Crippen LogP contribution in [0.15, 0.2) is 72.8 Å². The van der Waals surface area contributed by atoms with Gasteiger partial charge in [-0.3, -0.25) is 10.1 Å². The summed E-state index contributed by atoms with van der Waals surface area (Å²) in [6.07, 6.45) is 7.92. The van der Waals surface area contributed by atoms with E-state index < -0.39 is 16.8 Å². The maximum atomic E-state index is 12.7. The summed E-state index contributed by atoms with van der Waals surface area (Å²) in [5.41, 5.74) is 2.45. The van der Waals surface area contributed by atoms with Gasteiger partial charge < -0.3 is 4.74 Å². The molecular formula is C26H29NO4. The molecule has 1 fully saturated rings. The molecule has 5 heteroatoms. The fourth-order valence-corrected chi connectivity index (χ4v) is 4.33. The van der Waals surface area contributed by atoms with Crippen molar-refractivity contribution in [3.8, 4) is 0 Å². The van der Waals surface area contributed by atoms with E-state index in [0.717, 1.165) is 36.8 Å². The minimum Gasteiger partial charge on any atom is -0.463 e. The van der Waals surface area contributed by atoms with Crippen LogP contribution in [-0.4, -0.2) is 17.5 Å². The molecule has 0 saturated heterocycles. The molecule has 0 amide bonds. The number of nitrogens with zero attached hydrogens (tertiary/aromatic N) is 1. The van der Waals surface area contributed by atoms with Gasteiger partial charge in [0.1, 0.15) is 0 Å². The highest BCUT2D eigenvalue weighted by Gasteiger charge is 2.32. The fraction of sp³-hybridized carbons (Fsp3) is 0.346.